The van der Waals surface area contributed by atoms with Gasteiger partial charge in [-0.3, -0.25) is 4.21 Å². The Bertz CT molecular complexity index is 135. The minimum absolute atomic E-state index is 0.291. The Morgan fingerprint density at radius 2 is 1.60 bits per heavy atom. The van der Waals surface area contributed by atoms with Crippen molar-refractivity contribution in [1.82, 2.24) is 0 Å². The second-order valence-corrected chi connectivity index (χ2v) is 4.23. The minimum atomic E-state index is -0.705. The normalized spacial score (nSPS) is 39.2. The van der Waals surface area contributed by atoms with Gasteiger partial charge < -0.3 is 9.47 Å². The molecule has 2 atom stereocenters. The molecule has 2 rings (SSSR count). The van der Waals surface area contributed by atoms with Crippen LogP contribution in [0.2, 0.25) is 0 Å². The molecule has 0 aromatic carbocycles. The molecule has 4 heteroatoms. The van der Waals surface area contributed by atoms with Gasteiger partial charge in [0.1, 0.15) is 0 Å². The third kappa shape index (κ3) is 2.04. The average molecular weight is 162 g/mol. The van der Waals surface area contributed by atoms with Gasteiger partial charge in [-0.1, -0.05) is 0 Å². The lowest BCUT2D eigenvalue weighted by molar-refractivity contribution is 0.420. The molecule has 0 bridgehead atoms. The van der Waals surface area contributed by atoms with Gasteiger partial charge >= 0.3 is 0 Å². The molecule has 2 heterocycles. The van der Waals surface area contributed by atoms with E-state index in [9.17, 15) is 4.21 Å². The van der Waals surface area contributed by atoms with Gasteiger partial charge in [0, 0.05) is 10.8 Å². The van der Waals surface area contributed by atoms with E-state index in [0.717, 1.165) is 13.2 Å². The first-order valence-corrected chi connectivity index (χ1v) is 4.91. The molecular formula is C6H10O3S. The highest BCUT2D eigenvalue weighted by molar-refractivity contribution is 7.85. The van der Waals surface area contributed by atoms with E-state index >= 15 is 0 Å². The molecule has 0 radical (unpaired) electrons. The van der Waals surface area contributed by atoms with Crippen LogP contribution in [0.1, 0.15) is 0 Å². The van der Waals surface area contributed by atoms with Crippen LogP contribution in [0.3, 0.4) is 0 Å². The van der Waals surface area contributed by atoms with Crippen molar-refractivity contribution in [3.8, 4) is 0 Å². The quantitative estimate of drug-likeness (QED) is 0.525. The van der Waals surface area contributed by atoms with Crippen LogP contribution >= 0.6 is 0 Å². The Balaban J connectivity index is 1.64. The summed E-state index contributed by atoms with van der Waals surface area (Å²) < 4.78 is 21.0. The van der Waals surface area contributed by atoms with E-state index in [4.69, 9.17) is 9.47 Å². The second-order valence-electron chi connectivity index (χ2n) is 2.68. The van der Waals surface area contributed by atoms with Gasteiger partial charge in [0.05, 0.1) is 36.9 Å². The highest BCUT2D eigenvalue weighted by Crippen LogP contribution is 2.14. The van der Waals surface area contributed by atoms with E-state index in [0.29, 0.717) is 23.7 Å². The van der Waals surface area contributed by atoms with E-state index < -0.39 is 10.8 Å². The van der Waals surface area contributed by atoms with Crippen molar-refractivity contribution in [2.75, 3.05) is 24.7 Å². The maximum Gasteiger partial charge on any atom is 0.0924 e. The maximum atomic E-state index is 11.1. The van der Waals surface area contributed by atoms with Crippen LogP contribution in [0, 0.1) is 0 Å². The van der Waals surface area contributed by atoms with Crippen molar-refractivity contribution in [2.45, 2.75) is 12.2 Å². The predicted molar refractivity (Wildman–Crippen MR) is 37.4 cm³/mol. The molecule has 0 N–H and O–H groups in total. The Labute approximate surface area is 62.2 Å². The molecule has 58 valence electrons. The lowest BCUT2D eigenvalue weighted by Gasteiger charge is -1.93. The fourth-order valence-electron chi connectivity index (χ4n) is 0.811. The summed E-state index contributed by atoms with van der Waals surface area (Å²) in [5.41, 5.74) is 0. The smallest absolute Gasteiger partial charge is 0.0924 e. The van der Waals surface area contributed by atoms with Gasteiger partial charge in [-0.05, 0) is 0 Å². The molecule has 0 amide bonds. The molecule has 0 saturated carbocycles. The van der Waals surface area contributed by atoms with Crippen LogP contribution in [-0.2, 0) is 20.3 Å². The van der Waals surface area contributed by atoms with Crippen molar-refractivity contribution in [1.29, 1.82) is 0 Å². The van der Waals surface area contributed by atoms with Crippen LogP contribution in [0.4, 0.5) is 0 Å². The first kappa shape index (κ1) is 6.76. The molecule has 0 aromatic heterocycles. The lowest BCUT2D eigenvalue weighted by Crippen LogP contribution is -2.11. The van der Waals surface area contributed by atoms with E-state index in [1.807, 2.05) is 0 Å². The summed E-state index contributed by atoms with van der Waals surface area (Å²) in [6.07, 6.45) is 0.583. The van der Waals surface area contributed by atoms with Gasteiger partial charge in [0.2, 0.25) is 0 Å². The zero-order chi connectivity index (χ0) is 6.97. The minimum Gasteiger partial charge on any atom is -0.372 e. The van der Waals surface area contributed by atoms with Crippen molar-refractivity contribution < 1.29 is 13.7 Å². The molecule has 0 spiro atoms. The second kappa shape index (κ2) is 2.60. The molecule has 10 heavy (non-hydrogen) atoms. The van der Waals surface area contributed by atoms with E-state index in [2.05, 4.69) is 0 Å². The van der Waals surface area contributed by atoms with Crippen molar-refractivity contribution >= 4 is 10.8 Å². The van der Waals surface area contributed by atoms with Crippen molar-refractivity contribution in [3.63, 3.8) is 0 Å². The summed E-state index contributed by atoms with van der Waals surface area (Å²) >= 11 is 0. The highest BCUT2D eigenvalue weighted by Gasteiger charge is 2.29. The van der Waals surface area contributed by atoms with Crippen LogP contribution in [0.25, 0.3) is 0 Å². The summed E-state index contributed by atoms with van der Waals surface area (Å²) in [4.78, 5) is 0. The molecule has 2 aliphatic rings. The van der Waals surface area contributed by atoms with Crippen LogP contribution in [0.5, 0.6) is 0 Å². The average Bonchev–Trinajstić information content (AvgIpc) is 2.59. The summed E-state index contributed by atoms with van der Waals surface area (Å²) in [7, 11) is -0.705. The summed E-state index contributed by atoms with van der Waals surface area (Å²) in [6, 6.07) is 0. The number of hydrogen-bond donors (Lipinski definition) is 0. The largest absolute Gasteiger partial charge is 0.372 e. The molecule has 2 saturated heterocycles. The fraction of sp³-hybridized carbons (Fsp3) is 1.00. The van der Waals surface area contributed by atoms with Gasteiger partial charge in [0.15, 0.2) is 0 Å². The van der Waals surface area contributed by atoms with E-state index in [-0.39, 0.29) is 0 Å². The lowest BCUT2D eigenvalue weighted by atomic mass is 10.6. The summed E-state index contributed by atoms with van der Waals surface area (Å²) in [5, 5.41) is 0. The Morgan fingerprint density at radius 1 is 1.20 bits per heavy atom. The van der Waals surface area contributed by atoms with Crippen molar-refractivity contribution in [2.24, 2.45) is 0 Å². The predicted octanol–water partition coefficient (Wildman–Crippen LogP) is -0.467. The number of hydrogen-bond acceptors (Lipinski definition) is 3. The third-order valence-corrected chi connectivity index (χ3v) is 3.04. The summed E-state index contributed by atoms with van der Waals surface area (Å²) in [5.74, 6) is 1.42. The molecule has 3 nitrogen and oxygen atoms in total. The van der Waals surface area contributed by atoms with Gasteiger partial charge in [-0.25, -0.2) is 0 Å². The van der Waals surface area contributed by atoms with E-state index in [1.54, 1.807) is 0 Å². The molecule has 2 unspecified atom stereocenters. The number of epoxide rings is 2. The SMILES string of the molecule is O=S(CC1CO1)CC1CO1. The fourth-order valence-corrected chi connectivity index (χ4v) is 2.16. The first-order chi connectivity index (χ1) is 4.84. The Kier molecular flexibility index (Phi) is 1.76. The molecular weight excluding hydrogens is 152 g/mol. The van der Waals surface area contributed by atoms with Crippen molar-refractivity contribution in [3.05, 3.63) is 0 Å². The zero-order valence-electron chi connectivity index (χ0n) is 5.62. The zero-order valence-corrected chi connectivity index (χ0v) is 6.43. The molecule has 2 fully saturated rings. The van der Waals surface area contributed by atoms with E-state index in [1.165, 1.54) is 0 Å². The molecule has 0 aliphatic carbocycles. The summed E-state index contributed by atoms with van der Waals surface area (Å²) in [6.45, 7) is 1.61. The highest BCUT2D eigenvalue weighted by atomic mass is 32.2. The topological polar surface area (TPSA) is 42.1 Å². The van der Waals surface area contributed by atoms with Gasteiger partial charge in [0.25, 0.3) is 0 Å². The first-order valence-electron chi connectivity index (χ1n) is 3.43. The molecule has 0 aromatic rings. The maximum absolute atomic E-state index is 11.1. The van der Waals surface area contributed by atoms with Gasteiger partial charge in [-0.2, -0.15) is 0 Å². The monoisotopic (exact) mass is 162 g/mol. The van der Waals surface area contributed by atoms with Crippen LogP contribution in [0.15, 0.2) is 0 Å². The van der Waals surface area contributed by atoms with Gasteiger partial charge in [-0.15, -0.1) is 0 Å². The van der Waals surface area contributed by atoms with Crippen LogP contribution < -0.4 is 0 Å². The number of rotatable bonds is 4. The third-order valence-electron chi connectivity index (χ3n) is 1.55. The van der Waals surface area contributed by atoms with Crippen LogP contribution in [-0.4, -0.2) is 41.1 Å². The molecule has 2 aliphatic heterocycles. The standard InChI is InChI=1S/C6H10O3S/c7-10(3-5-1-8-5)4-6-2-9-6/h5-6H,1-4H2. The Morgan fingerprint density at radius 3 is 1.90 bits per heavy atom. The Hall–Kier alpha value is 0.0700. The number of ether oxygens (including phenoxy) is 2.